The Balaban J connectivity index is 2.58. The summed E-state index contributed by atoms with van der Waals surface area (Å²) in [5.41, 5.74) is 1.65. The summed E-state index contributed by atoms with van der Waals surface area (Å²) in [5, 5.41) is 10.2. The van der Waals surface area contributed by atoms with Gasteiger partial charge in [0.25, 0.3) is 0 Å². The van der Waals surface area contributed by atoms with Gasteiger partial charge in [-0.3, -0.25) is 0 Å². The molecular weight excluding hydrogens is 307 g/mol. The first-order valence-electron chi connectivity index (χ1n) is 6.23. The molecule has 1 atom stereocenters. The molecule has 0 aliphatic rings. The lowest BCUT2D eigenvalue weighted by Gasteiger charge is -2.19. The van der Waals surface area contributed by atoms with Crippen LogP contribution in [0.3, 0.4) is 0 Å². The average molecular weight is 323 g/mol. The quantitative estimate of drug-likeness (QED) is 0.848. The predicted molar refractivity (Wildman–Crippen MR) is 79.3 cm³/mol. The summed E-state index contributed by atoms with van der Waals surface area (Å²) in [5.74, 6) is -0.404. The van der Waals surface area contributed by atoms with Crippen LogP contribution in [0.2, 0.25) is 0 Å². The molecule has 19 heavy (non-hydrogen) atoms. The minimum Gasteiger partial charge on any atom is -0.388 e. The van der Waals surface area contributed by atoms with Crippen molar-refractivity contribution in [1.29, 1.82) is 0 Å². The van der Waals surface area contributed by atoms with Crippen LogP contribution < -0.4 is 0 Å². The van der Waals surface area contributed by atoms with Crippen molar-refractivity contribution >= 4 is 15.9 Å². The van der Waals surface area contributed by atoms with Gasteiger partial charge in [-0.25, -0.2) is 4.39 Å². The Labute approximate surface area is 121 Å². The molecule has 0 heterocycles. The highest BCUT2D eigenvalue weighted by Crippen LogP contribution is 2.35. The number of rotatable bonds is 3. The maximum absolute atomic E-state index is 14.6. The van der Waals surface area contributed by atoms with Crippen LogP contribution in [0.4, 0.5) is 4.39 Å². The van der Waals surface area contributed by atoms with Gasteiger partial charge in [-0.2, -0.15) is 0 Å². The van der Waals surface area contributed by atoms with Crippen LogP contribution in [0.5, 0.6) is 0 Å². The van der Waals surface area contributed by atoms with Crippen molar-refractivity contribution in [3.05, 3.63) is 58.3 Å². The summed E-state index contributed by atoms with van der Waals surface area (Å²) in [4.78, 5) is 0. The van der Waals surface area contributed by atoms with Gasteiger partial charge in [0.05, 0.1) is 6.10 Å². The molecule has 0 bridgehead atoms. The lowest BCUT2D eigenvalue weighted by Crippen LogP contribution is -2.09. The Kier molecular flexibility index (Phi) is 4.38. The Hall–Kier alpha value is -1.19. The maximum Gasteiger partial charge on any atom is 0.137 e. The second kappa shape index (κ2) is 5.85. The van der Waals surface area contributed by atoms with E-state index < -0.39 is 6.10 Å². The fourth-order valence-electron chi connectivity index (χ4n) is 2.01. The van der Waals surface area contributed by atoms with E-state index in [1.165, 1.54) is 0 Å². The molecule has 2 aromatic rings. The highest BCUT2D eigenvalue weighted by atomic mass is 79.9. The Morgan fingerprint density at radius 3 is 2.26 bits per heavy atom. The van der Waals surface area contributed by atoms with Crippen LogP contribution in [0, 0.1) is 11.7 Å². The van der Waals surface area contributed by atoms with Crippen LogP contribution >= 0.6 is 15.9 Å². The summed E-state index contributed by atoms with van der Waals surface area (Å²) in [6, 6.07) is 12.9. The molecule has 0 saturated carbocycles. The third-order valence-corrected chi connectivity index (χ3v) is 3.83. The summed E-state index contributed by atoms with van der Waals surface area (Å²) in [7, 11) is 0. The first-order chi connectivity index (χ1) is 9.02. The van der Waals surface area contributed by atoms with Crippen LogP contribution in [-0.2, 0) is 0 Å². The van der Waals surface area contributed by atoms with Crippen molar-refractivity contribution in [3.63, 3.8) is 0 Å². The topological polar surface area (TPSA) is 20.2 Å². The van der Waals surface area contributed by atoms with E-state index >= 15 is 0 Å². The van der Waals surface area contributed by atoms with Crippen molar-refractivity contribution in [1.82, 2.24) is 0 Å². The first kappa shape index (κ1) is 14.2. The molecular formula is C16H16BrFO. The van der Waals surface area contributed by atoms with Crippen molar-refractivity contribution < 1.29 is 9.50 Å². The smallest absolute Gasteiger partial charge is 0.137 e. The van der Waals surface area contributed by atoms with E-state index in [-0.39, 0.29) is 11.7 Å². The van der Waals surface area contributed by atoms with Crippen molar-refractivity contribution in [2.75, 3.05) is 0 Å². The third-order valence-electron chi connectivity index (χ3n) is 3.14. The standard InChI is InChI=1S/C16H16BrFO/c1-10(2)16(19)14-13(17)9-8-12(15(14)18)11-6-4-3-5-7-11/h3-10,16,19H,1-2H3. The van der Waals surface area contributed by atoms with Gasteiger partial charge in [0, 0.05) is 15.6 Å². The Bertz CT molecular complexity index is 566. The van der Waals surface area contributed by atoms with Gasteiger partial charge in [-0.05, 0) is 17.5 Å². The number of aliphatic hydroxyl groups is 1. The van der Waals surface area contributed by atoms with Crippen LogP contribution in [0.15, 0.2) is 46.9 Å². The molecule has 0 spiro atoms. The molecule has 1 unspecified atom stereocenters. The van der Waals surface area contributed by atoms with E-state index in [9.17, 15) is 9.50 Å². The zero-order chi connectivity index (χ0) is 14.0. The van der Waals surface area contributed by atoms with E-state index in [4.69, 9.17) is 0 Å². The molecule has 0 saturated heterocycles. The van der Waals surface area contributed by atoms with Gasteiger partial charge in [-0.15, -0.1) is 0 Å². The number of halogens is 2. The van der Waals surface area contributed by atoms with E-state index in [0.29, 0.717) is 15.6 Å². The minimum absolute atomic E-state index is 0.0446. The number of aliphatic hydroxyl groups excluding tert-OH is 1. The second-order valence-corrected chi connectivity index (χ2v) is 5.73. The predicted octanol–water partition coefficient (Wildman–Crippen LogP) is 4.94. The van der Waals surface area contributed by atoms with E-state index in [1.807, 2.05) is 44.2 Å². The molecule has 3 heteroatoms. The molecule has 0 aromatic heterocycles. The summed E-state index contributed by atoms with van der Waals surface area (Å²) in [6.45, 7) is 3.73. The molecule has 0 radical (unpaired) electrons. The number of hydrogen-bond acceptors (Lipinski definition) is 1. The summed E-state index contributed by atoms with van der Waals surface area (Å²) >= 11 is 3.32. The molecule has 0 amide bonds. The van der Waals surface area contributed by atoms with Crippen LogP contribution in [-0.4, -0.2) is 5.11 Å². The molecule has 0 aliphatic heterocycles. The van der Waals surface area contributed by atoms with Gasteiger partial charge in [0.15, 0.2) is 0 Å². The van der Waals surface area contributed by atoms with Gasteiger partial charge >= 0.3 is 0 Å². The summed E-state index contributed by atoms with van der Waals surface area (Å²) < 4.78 is 15.2. The van der Waals surface area contributed by atoms with E-state index in [0.717, 1.165) is 5.56 Å². The fourth-order valence-corrected chi connectivity index (χ4v) is 2.56. The van der Waals surface area contributed by atoms with Gasteiger partial charge in [-0.1, -0.05) is 66.2 Å². The van der Waals surface area contributed by atoms with Crippen molar-refractivity contribution in [2.45, 2.75) is 20.0 Å². The molecule has 0 aliphatic carbocycles. The van der Waals surface area contributed by atoms with Gasteiger partial charge < -0.3 is 5.11 Å². The van der Waals surface area contributed by atoms with E-state index in [1.54, 1.807) is 12.1 Å². The lowest BCUT2D eigenvalue weighted by molar-refractivity contribution is 0.122. The third kappa shape index (κ3) is 2.88. The molecule has 0 fully saturated rings. The largest absolute Gasteiger partial charge is 0.388 e. The SMILES string of the molecule is CC(C)C(O)c1c(Br)ccc(-c2ccccc2)c1F. The maximum atomic E-state index is 14.6. The Morgan fingerprint density at radius 1 is 1.05 bits per heavy atom. The highest BCUT2D eigenvalue weighted by Gasteiger charge is 2.22. The van der Waals surface area contributed by atoms with Crippen molar-refractivity contribution in [2.24, 2.45) is 5.92 Å². The second-order valence-electron chi connectivity index (χ2n) is 4.88. The zero-order valence-electron chi connectivity index (χ0n) is 10.9. The lowest BCUT2D eigenvalue weighted by atomic mass is 9.94. The molecule has 2 aromatic carbocycles. The van der Waals surface area contributed by atoms with Gasteiger partial charge in [0.1, 0.15) is 5.82 Å². The summed E-state index contributed by atoms with van der Waals surface area (Å²) in [6.07, 6.45) is -0.821. The normalized spacial score (nSPS) is 12.7. The monoisotopic (exact) mass is 322 g/mol. The minimum atomic E-state index is -0.821. The Morgan fingerprint density at radius 2 is 1.68 bits per heavy atom. The average Bonchev–Trinajstić information content (AvgIpc) is 2.39. The first-order valence-corrected chi connectivity index (χ1v) is 7.03. The van der Waals surface area contributed by atoms with Crippen molar-refractivity contribution in [3.8, 4) is 11.1 Å². The van der Waals surface area contributed by atoms with Gasteiger partial charge in [0.2, 0.25) is 0 Å². The molecule has 1 nitrogen and oxygen atoms in total. The fraction of sp³-hybridized carbons (Fsp3) is 0.250. The molecule has 1 N–H and O–H groups in total. The number of benzene rings is 2. The molecule has 2 rings (SSSR count). The zero-order valence-corrected chi connectivity index (χ0v) is 12.5. The van der Waals surface area contributed by atoms with Crippen LogP contribution in [0.25, 0.3) is 11.1 Å². The van der Waals surface area contributed by atoms with Crippen LogP contribution in [0.1, 0.15) is 25.5 Å². The molecule has 100 valence electrons. The highest BCUT2D eigenvalue weighted by molar-refractivity contribution is 9.10. The van der Waals surface area contributed by atoms with E-state index in [2.05, 4.69) is 15.9 Å². The number of hydrogen-bond donors (Lipinski definition) is 1.